The average Bonchev–Trinajstić information content (AvgIpc) is 3.73. The Morgan fingerprint density at radius 1 is 0.750 bits per heavy atom. The Bertz CT molecular complexity index is 1730. The Hall–Kier alpha value is -2.64. The second kappa shape index (κ2) is 17.7. The van der Waals surface area contributed by atoms with E-state index in [9.17, 15) is 9.59 Å². The number of hydrogen-bond acceptors (Lipinski definition) is 7. The van der Waals surface area contributed by atoms with Gasteiger partial charge in [-0.1, -0.05) is 47.5 Å². The van der Waals surface area contributed by atoms with Crippen molar-refractivity contribution >= 4 is 78.2 Å². The van der Waals surface area contributed by atoms with Gasteiger partial charge < -0.3 is 30.4 Å². The molecule has 2 aromatic carbocycles. The van der Waals surface area contributed by atoms with E-state index in [4.69, 9.17) is 38.2 Å². The van der Waals surface area contributed by atoms with Crippen molar-refractivity contribution < 1.29 is 59.6 Å². The smallest absolute Gasteiger partial charge is 0.870 e. The van der Waals surface area contributed by atoms with Gasteiger partial charge in [-0.05, 0) is 66.6 Å². The van der Waals surface area contributed by atoms with Crippen molar-refractivity contribution in [2.45, 2.75) is 19.8 Å². The van der Waals surface area contributed by atoms with Gasteiger partial charge in [0.15, 0.2) is 0 Å². The number of benzene rings is 2. The first-order chi connectivity index (χ1) is 20.3. The fourth-order valence-corrected chi connectivity index (χ4v) is 6.61. The molecule has 13 heteroatoms. The van der Waals surface area contributed by atoms with Crippen molar-refractivity contribution in [1.82, 2.24) is 9.97 Å². The number of carboxylic acid groups (broad SMARTS) is 1. The van der Waals surface area contributed by atoms with Crippen LogP contribution < -0.4 is 29.6 Å². The summed E-state index contributed by atoms with van der Waals surface area (Å²) >= 11 is 15.0. The molecular formula is C31H29Cl2N2NaO6S2. The molecular weight excluding hydrogens is 654 g/mol. The minimum atomic E-state index is -0.928. The number of aliphatic hydroxyl groups excluding tert-OH is 1. The minimum absolute atomic E-state index is 0. The summed E-state index contributed by atoms with van der Waals surface area (Å²) in [6.07, 6.45) is 1.69. The summed E-state index contributed by atoms with van der Waals surface area (Å²) in [6.45, 7) is 2.18. The molecule has 6 aromatic rings. The van der Waals surface area contributed by atoms with E-state index in [1.807, 2.05) is 60.7 Å². The molecule has 5 N–H and O–H groups in total. The van der Waals surface area contributed by atoms with Crippen LogP contribution in [-0.2, 0) is 17.6 Å². The number of ether oxygens (including phenoxy) is 1. The van der Waals surface area contributed by atoms with Crippen LogP contribution in [0.5, 0.6) is 0 Å². The second-order valence-electron chi connectivity index (χ2n) is 8.98. The molecule has 0 aliphatic rings. The van der Waals surface area contributed by atoms with Gasteiger partial charge in [-0.2, -0.15) is 0 Å². The number of carbonyl (C=O) groups excluding carboxylic acids is 1. The van der Waals surface area contributed by atoms with Crippen LogP contribution in [0.2, 0.25) is 10.0 Å². The number of thiophene rings is 2. The molecule has 0 aliphatic heterocycles. The number of fused-ring (bicyclic) bond motifs is 2. The van der Waals surface area contributed by atoms with Gasteiger partial charge >= 0.3 is 41.5 Å². The largest absolute Gasteiger partial charge is 1.00 e. The molecule has 0 atom stereocenters. The number of rotatable bonds is 7. The first-order valence-electron chi connectivity index (χ1n) is 12.8. The first-order valence-corrected chi connectivity index (χ1v) is 15.2. The molecule has 0 amide bonds. The van der Waals surface area contributed by atoms with Crippen LogP contribution in [0.3, 0.4) is 0 Å². The average molecular weight is 684 g/mol. The number of esters is 1. The van der Waals surface area contributed by atoms with Crippen LogP contribution in [0.25, 0.3) is 20.4 Å². The van der Waals surface area contributed by atoms with Gasteiger partial charge in [0.1, 0.15) is 11.4 Å². The fourth-order valence-electron chi connectivity index (χ4n) is 4.17. The van der Waals surface area contributed by atoms with Crippen molar-refractivity contribution in [3.05, 3.63) is 115 Å². The number of aromatic amines is 2. The Kier molecular flexibility index (Phi) is 15.1. The van der Waals surface area contributed by atoms with Crippen molar-refractivity contribution in [2.24, 2.45) is 0 Å². The fraction of sp³-hybridized carbons (Fsp3) is 0.161. The Morgan fingerprint density at radius 2 is 1.16 bits per heavy atom. The van der Waals surface area contributed by atoms with E-state index in [1.54, 1.807) is 35.7 Å². The summed E-state index contributed by atoms with van der Waals surface area (Å²) in [5.74, 6) is -1.23. The number of H-pyrrole nitrogens is 2. The van der Waals surface area contributed by atoms with E-state index in [0.717, 1.165) is 50.4 Å². The number of nitrogens with one attached hydrogen (secondary N) is 2. The zero-order valence-electron chi connectivity index (χ0n) is 24.2. The molecule has 0 saturated heterocycles. The summed E-state index contributed by atoms with van der Waals surface area (Å²) in [7, 11) is 1.00. The normalized spacial score (nSPS) is 10.1. The van der Waals surface area contributed by atoms with Gasteiger partial charge in [0, 0.05) is 39.8 Å². The van der Waals surface area contributed by atoms with Gasteiger partial charge in [0.2, 0.25) is 0 Å². The van der Waals surface area contributed by atoms with Crippen LogP contribution in [0, 0.1) is 0 Å². The predicted octanol–water partition coefficient (Wildman–Crippen LogP) is 5.26. The number of aromatic nitrogens is 2. The van der Waals surface area contributed by atoms with E-state index >= 15 is 0 Å². The maximum Gasteiger partial charge on any atom is 1.00 e. The number of aromatic carboxylic acids is 1. The predicted molar refractivity (Wildman–Crippen MR) is 174 cm³/mol. The molecule has 8 nitrogen and oxygen atoms in total. The van der Waals surface area contributed by atoms with E-state index in [1.165, 1.54) is 20.9 Å². The molecule has 0 fully saturated rings. The molecule has 0 radical (unpaired) electrons. The van der Waals surface area contributed by atoms with Crippen LogP contribution in [0.15, 0.2) is 72.8 Å². The summed E-state index contributed by atoms with van der Waals surface area (Å²) in [4.78, 5) is 30.9. The van der Waals surface area contributed by atoms with Crippen molar-refractivity contribution in [3.63, 3.8) is 0 Å². The SMILES string of the molecule is CCOC(=O)c1cc2sc(Cc3ccc(Cl)cc3)cc2[nH]1.CO.O=C(O)c1cc2sc(Cc3ccc(Cl)cc3)cc2[nH]1.[Na+].[OH-]. The Labute approximate surface area is 294 Å². The van der Waals surface area contributed by atoms with Crippen molar-refractivity contribution in [1.29, 1.82) is 0 Å². The Balaban J connectivity index is 0.000000280. The third kappa shape index (κ3) is 9.93. The molecule has 0 bridgehead atoms. The molecule has 4 heterocycles. The Morgan fingerprint density at radius 3 is 1.55 bits per heavy atom. The van der Waals surface area contributed by atoms with Crippen LogP contribution in [0.4, 0.5) is 0 Å². The first kappa shape index (κ1) is 37.5. The zero-order chi connectivity index (χ0) is 30.2. The molecule has 0 saturated carbocycles. The molecule has 4 aromatic heterocycles. The molecule has 0 aliphatic carbocycles. The number of hydrogen-bond donors (Lipinski definition) is 4. The van der Waals surface area contributed by atoms with Crippen molar-refractivity contribution in [3.8, 4) is 0 Å². The maximum absolute atomic E-state index is 11.7. The summed E-state index contributed by atoms with van der Waals surface area (Å²) in [6, 6.07) is 23.2. The van der Waals surface area contributed by atoms with Crippen LogP contribution in [-0.4, -0.2) is 51.3 Å². The van der Waals surface area contributed by atoms with Gasteiger partial charge in [0.25, 0.3) is 0 Å². The van der Waals surface area contributed by atoms with Gasteiger partial charge in [-0.15, -0.1) is 22.7 Å². The summed E-state index contributed by atoms with van der Waals surface area (Å²) in [5, 5.41) is 17.4. The van der Waals surface area contributed by atoms with Gasteiger partial charge in [-0.3, -0.25) is 0 Å². The second-order valence-corrected chi connectivity index (χ2v) is 12.2. The molecule has 6 rings (SSSR count). The number of aliphatic hydroxyl groups is 1. The molecule has 0 unspecified atom stereocenters. The van der Waals surface area contributed by atoms with E-state index < -0.39 is 5.97 Å². The molecule has 44 heavy (non-hydrogen) atoms. The van der Waals surface area contributed by atoms with E-state index in [-0.39, 0.29) is 46.7 Å². The number of halogens is 2. The van der Waals surface area contributed by atoms with Crippen LogP contribution >= 0.6 is 45.9 Å². The topological polar surface area (TPSA) is 145 Å². The molecule has 0 spiro atoms. The monoisotopic (exact) mass is 682 g/mol. The minimum Gasteiger partial charge on any atom is -0.870 e. The van der Waals surface area contributed by atoms with Gasteiger partial charge in [0.05, 0.1) is 27.0 Å². The number of carboxylic acids is 1. The quantitative estimate of drug-likeness (QED) is 0.134. The van der Waals surface area contributed by atoms with Gasteiger partial charge in [-0.25, -0.2) is 9.59 Å². The third-order valence-corrected chi connectivity index (χ3v) is 8.69. The van der Waals surface area contributed by atoms with Crippen LogP contribution in [0.1, 0.15) is 48.8 Å². The molecule has 226 valence electrons. The zero-order valence-corrected chi connectivity index (χ0v) is 29.3. The van der Waals surface area contributed by atoms with E-state index in [2.05, 4.69) is 16.0 Å². The van der Waals surface area contributed by atoms with E-state index in [0.29, 0.717) is 12.3 Å². The standard InChI is InChI=1S/C16H14ClNO2S.C14H10ClNO2S.CH4O.Na.H2O/c1-2-20-16(19)14-9-15-13(18-14)8-12(21-15)7-10-3-5-11(17)6-4-10;15-9-3-1-8(2-4-9)5-10-6-11-13(19-10)7-12(16-11)14(17)18;1-2;;/h3-6,8-9,18H,2,7H2,1H3;1-4,6-7,16H,5H2,(H,17,18);2H,1H3;;1H2/q;;;+1;/p-1. The third-order valence-electron chi connectivity index (χ3n) is 6.02. The maximum atomic E-state index is 11.7. The van der Waals surface area contributed by atoms with Crippen molar-refractivity contribution in [2.75, 3.05) is 13.7 Å². The summed E-state index contributed by atoms with van der Waals surface area (Å²) < 4.78 is 7.03. The number of carbonyl (C=O) groups is 2. The summed E-state index contributed by atoms with van der Waals surface area (Å²) in [5.41, 5.74) is 5.01.